The van der Waals surface area contributed by atoms with Crippen molar-refractivity contribution in [2.24, 2.45) is 4.36 Å². The van der Waals surface area contributed by atoms with Crippen molar-refractivity contribution in [1.82, 2.24) is 10.3 Å². The molecule has 0 fully saturated rings. The van der Waals surface area contributed by atoms with E-state index in [1.807, 2.05) is 6.92 Å². The Hall–Kier alpha value is -2.35. The molecule has 2 rings (SSSR count). The van der Waals surface area contributed by atoms with E-state index < -0.39 is 15.8 Å². The summed E-state index contributed by atoms with van der Waals surface area (Å²) in [6.07, 6.45) is 5.47. The van der Waals surface area contributed by atoms with Gasteiger partial charge in [-0.2, -0.15) is 4.36 Å². The van der Waals surface area contributed by atoms with Crippen molar-refractivity contribution < 1.29 is 13.4 Å². The molecule has 0 aliphatic rings. The number of carbonyl (C=O) groups is 1. The molecule has 23 heavy (non-hydrogen) atoms. The number of aryl methyl sites for hydroxylation is 1. The molecule has 0 aliphatic carbocycles. The average molecular weight is 336 g/mol. The second-order valence-corrected chi connectivity index (χ2v) is 7.72. The quantitative estimate of drug-likeness (QED) is 0.877. The molecule has 0 radical (unpaired) electrons. The Morgan fingerprint density at radius 2 is 2.09 bits per heavy atom. The highest BCUT2D eigenvalue weighted by atomic mass is 32.2. The zero-order chi connectivity index (χ0) is 16.9. The first-order chi connectivity index (χ1) is 10.9. The van der Waals surface area contributed by atoms with Gasteiger partial charge in [-0.3, -0.25) is 0 Å². The number of amides is 2. The Kier molecular flexibility index (Phi) is 5.38. The molecule has 8 heteroatoms. The number of urea groups is 1. The maximum absolute atomic E-state index is 12.0. The van der Waals surface area contributed by atoms with Crippen molar-refractivity contribution in [3.63, 3.8) is 0 Å². The maximum atomic E-state index is 12.0. The molecule has 0 atom stereocenters. The van der Waals surface area contributed by atoms with Gasteiger partial charge in [0.25, 0.3) is 0 Å². The fraction of sp³-hybridized carbons (Fsp3) is 0.333. The predicted octanol–water partition coefficient (Wildman–Crippen LogP) is 2.92. The molecular formula is C15H20N4O3S. The van der Waals surface area contributed by atoms with Gasteiger partial charge >= 0.3 is 6.03 Å². The fourth-order valence-corrected chi connectivity index (χ4v) is 2.44. The second-order valence-electron chi connectivity index (χ2n) is 5.17. The first kappa shape index (κ1) is 17.0. The fourth-order valence-electron chi connectivity index (χ4n) is 1.81. The van der Waals surface area contributed by atoms with Gasteiger partial charge in [0.15, 0.2) is 0 Å². The van der Waals surface area contributed by atoms with Gasteiger partial charge in [-0.1, -0.05) is 19.1 Å². The Balaban J connectivity index is 2.02. The summed E-state index contributed by atoms with van der Waals surface area (Å²) in [5.74, 6) is 1.21. The van der Waals surface area contributed by atoms with Crippen molar-refractivity contribution in [1.29, 1.82) is 0 Å². The summed E-state index contributed by atoms with van der Waals surface area (Å²) in [7, 11) is -2.31. The Labute approximate surface area is 135 Å². The number of aromatic nitrogens is 1. The third kappa shape index (κ3) is 5.41. The van der Waals surface area contributed by atoms with Crippen LogP contribution in [0.15, 0.2) is 39.2 Å². The molecule has 2 amide bonds. The Bertz CT molecular complexity index is 799. The molecule has 2 N–H and O–H groups in total. The van der Waals surface area contributed by atoms with E-state index in [9.17, 15) is 9.00 Å². The van der Waals surface area contributed by atoms with Gasteiger partial charge in [0.1, 0.15) is 5.76 Å². The van der Waals surface area contributed by atoms with Crippen LogP contribution in [0.4, 0.5) is 16.2 Å². The number of hydrogen-bond donors (Lipinski definition) is 2. The van der Waals surface area contributed by atoms with Crippen molar-refractivity contribution in [2.75, 3.05) is 17.8 Å². The van der Waals surface area contributed by atoms with Crippen LogP contribution in [-0.4, -0.2) is 27.7 Å². The van der Waals surface area contributed by atoms with E-state index in [0.717, 1.165) is 12.2 Å². The SMILES string of the molecule is CCc1cnc(CNC(=O)Nc2ccccc2N=S(C)(C)=O)o1. The zero-order valence-corrected chi connectivity index (χ0v) is 14.1. The lowest BCUT2D eigenvalue weighted by Gasteiger charge is -2.09. The molecule has 124 valence electrons. The van der Waals surface area contributed by atoms with Crippen LogP contribution in [0.5, 0.6) is 0 Å². The monoisotopic (exact) mass is 336 g/mol. The minimum absolute atomic E-state index is 0.184. The third-order valence-corrected chi connectivity index (χ3v) is 3.46. The Morgan fingerprint density at radius 1 is 1.35 bits per heavy atom. The normalized spacial score (nSPS) is 11.1. The number of nitrogens with zero attached hydrogens (tertiary/aromatic N) is 2. The predicted molar refractivity (Wildman–Crippen MR) is 90.3 cm³/mol. The summed E-state index contributed by atoms with van der Waals surface area (Å²) >= 11 is 0. The van der Waals surface area contributed by atoms with E-state index in [-0.39, 0.29) is 6.54 Å². The van der Waals surface area contributed by atoms with E-state index in [2.05, 4.69) is 20.0 Å². The molecule has 1 aromatic carbocycles. The van der Waals surface area contributed by atoms with Crippen molar-refractivity contribution in [2.45, 2.75) is 19.9 Å². The number of benzene rings is 1. The lowest BCUT2D eigenvalue weighted by atomic mass is 10.3. The van der Waals surface area contributed by atoms with E-state index in [0.29, 0.717) is 17.3 Å². The molecule has 0 bridgehead atoms. The van der Waals surface area contributed by atoms with Gasteiger partial charge in [0.05, 0.1) is 24.1 Å². The van der Waals surface area contributed by atoms with Crippen LogP contribution in [0.3, 0.4) is 0 Å². The summed E-state index contributed by atoms with van der Waals surface area (Å²) in [6.45, 7) is 2.15. The summed E-state index contributed by atoms with van der Waals surface area (Å²) < 4.78 is 21.4. The summed E-state index contributed by atoms with van der Waals surface area (Å²) in [5, 5.41) is 5.34. The molecule has 1 heterocycles. The van der Waals surface area contributed by atoms with Gasteiger partial charge in [0.2, 0.25) is 5.89 Å². The van der Waals surface area contributed by atoms with Crippen LogP contribution in [0.1, 0.15) is 18.6 Å². The van der Waals surface area contributed by atoms with Crippen LogP contribution in [0.25, 0.3) is 0 Å². The second kappa shape index (κ2) is 7.28. The lowest BCUT2D eigenvalue weighted by Crippen LogP contribution is -2.28. The van der Waals surface area contributed by atoms with Crippen molar-refractivity contribution >= 4 is 27.1 Å². The summed E-state index contributed by atoms with van der Waals surface area (Å²) in [5.41, 5.74) is 0.963. The number of nitrogens with one attached hydrogen (secondary N) is 2. The van der Waals surface area contributed by atoms with E-state index in [1.54, 1.807) is 30.5 Å². The average Bonchev–Trinajstić information content (AvgIpc) is 2.94. The van der Waals surface area contributed by atoms with E-state index in [1.165, 1.54) is 12.5 Å². The van der Waals surface area contributed by atoms with Crippen molar-refractivity contribution in [3.05, 3.63) is 42.1 Å². The Morgan fingerprint density at radius 3 is 2.74 bits per heavy atom. The van der Waals surface area contributed by atoms with E-state index >= 15 is 0 Å². The first-order valence-corrected chi connectivity index (χ1v) is 9.45. The van der Waals surface area contributed by atoms with Crippen molar-refractivity contribution in [3.8, 4) is 0 Å². The topological polar surface area (TPSA) is 96.6 Å². The van der Waals surface area contributed by atoms with Crippen LogP contribution in [0, 0.1) is 0 Å². The number of oxazole rings is 1. The van der Waals surface area contributed by atoms with Gasteiger partial charge in [-0.15, -0.1) is 0 Å². The lowest BCUT2D eigenvalue weighted by molar-refractivity contribution is 0.250. The molecule has 0 saturated carbocycles. The molecule has 0 saturated heterocycles. The smallest absolute Gasteiger partial charge is 0.319 e. The van der Waals surface area contributed by atoms with Crippen LogP contribution in [0.2, 0.25) is 0 Å². The molecule has 7 nitrogen and oxygen atoms in total. The maximum Gasteiger partial charge on any atom is 0.319 e. The summed E-state index contributed by atoms with van der Waals surface area (Å²) in [6, 6.07) is 6.52. The van der Waals surface area contributed by atoms with Gasteiger partial charge in [0, 0.05) is 28.7 Å². The highest BCUT2D eigenvalue weighted by Gasteiger charge is 2.08. The van der Waals surface area contributed by atoms with Gasteiger partial charge < -0.3 is 15.1 Å². The molecule has 1 aromatic heterocycles. The minimum Gasteiger partial charge on any atom is -0.444 e. The molecule has 2 aromatic rings. The highest BCUT2D eigenvalue weighted by molar-refractivity contribution is 7.92. The third-order valence-electron chi connectivity index (χ3n) is 2.82. The number of para-hydroxylation sites is 1. The molecule has 0 aliphatic heterocycles. The van der Waals surface area contributed by atoms with Gasteiger partial charge in [-0.25, -0.2) is 14.0 Å². The zero-order valence-electron chi connectivity index (χ0n) is 13.3. The number of carbonyl (C=O) groups excluding carboxylic acids is 1. The number of hydrogen-bond acceptors (Lipinski definition) is 5. The number of anilines is 1. The molecular weight excluding hydrogens is 316 g/mol. The van der Waals surface area contributed by atoms with Gasteiger partial charge in [-0.05, 0) is 12.1 Å². The van der Waals surface area contributed by atoms with E-state index in [4.69, 9.17) is 4.42 Å². The van der Waals surface area contributed by atoms with Crippen LogP contribution in [-0.2, 0) is 22.7 Å². The molecule has 0 spiro atoms. The summed E-state index contributed by atoms with van der Waals surface area (Å²) in [4.78, 5) is 16.0. The minimum atomic E-state index is -2.31. The number of rotatable bonds is 5. The highest BCUT2D eigenvalue weighted by Crippen LogP contribution is 2.25. The first-order valence-electron chi connectivity index (χ1n) is 7.12. The largest absolute Gasteiger partial charge is 0.444 e. The molecule has 0 unspecified atom stereocenters. The van der Waals surface area contributed by atoms with Crippen LogP contribution >= 0.6 is 0 Å². The standard InChI is InChI=1S/C15H20N4O3S/c1-4-11-9-16-14(22-11)10-17-15(20)18-12-7-5-6-8-13(12)19-23(2,3)21/h5-9H,4,10H2,1-3H3,(H2,17,18,20). The van der Waals surface area contributed by atoms with Crippen LogP contribution < -0.4 is 10.6 Å².